The van der Waals surface area contributed by atoms with Gasteiger partial charge in [0.25, 0.3) is 0 Å². The van der Waals surface area contributed by atoms with Crippen LogP contribution in [-0.2, 0) is 43.4 Å². The van der Waals surface area contributed by atoms with Gasteiger partial charge in [0.05, 0.1) is 40.0 Å². The van der Waals surface area contributed by atoms with Gasteiger partial charge < -0.3 is 45.9 Å². The summed E-state index contributed by atoms with van der Waals surface area (Å²) in [7, 11) is 0. The van der Waals surface area contributed by atoms with E-state index in [0.717, 1.165) is 89.0 Å². The number of fused-ring (bicyclic) bond motifs is 2. The molecule has 2 aliphatic rings. The molecule has 2 aliphatic heterocycles. The fourth-order valence-corrected chi connectivity index (χ4v) is 11.7. The molecule has 6 N–H and O–H groups in total. The Labute approximate surface area is 480 Å². The predicted molar refractivity (Wildman–Crippen MR) is 310 cm³/mol. The number of hydrogen-bond donors (Lipinski definition) is 5. The van der Waals surface area contributed by atoms with Crippen LogP contribution in [-0.4, -0.2) is 103 Å². The number of aromatic nitrogens is 4. The van der Waals surface area contributed by atoms with Gasteiger partial charge in [-0.25, -0.2) is 15.0 Å². The van der Waals surface area contributed by atoms with Crippen molar-refractivity contribution in [1.82, 2.24) is 40.4 Å². The van der Waals surface area contributed by atoms with Crippen LogP contribution in [0.1, 0.15) is 133 Å². The fourth-order valence-electron chi connectivity index (χ4n) is 10.9. The predicted octanol–water partition coefficient (Wildman–Crippen LogP) is 9.92. The second kappa shape index (κ2) is 27.1. The van der Waals surface area contributed by atoms with E-state index in [4.69, 9.17) is 5.73 Å². The van der Waals surface area contributed by atoms with Gasteiger partial charge in [-0.15, -0.1) is 24.5 Å². The Morgan fingerprint density at radius 3 is 2.23 bits per heavy atom. The van der Waals surface area contributed by atoms with Gasteiger partial charge in [0, 0.05) is 62.9 Å². The van der Waals surface area contributed by atoms with Gasteiger partial charge >= 0.3 is 6.36 Å². The highest BCUT2D eigenvalue weighted by molar-refractivity contribution is 7.13. The summed E-state index contributed by atoms with van der Waals surface area (Å²) in [6.07, 6.45) is 6.96. The molecule has 21 heteroatoms. The van der Waals surface area contributed by atoms with E-state index >= 15 is 0 Å². The highest BCUT2D eigenvalue weighted by Gasteiger charge is 2.45. The van der Waals surface area contributed by atoms with Crippen LogP contribution in [0.5, 0.6) is 5.75 Å². The van der Waals surface area contributed by atoms with Crippen molar-refractivity contribution in [2.45, 2.75) is 162 Å². The summed E-state index contributed by atoms with van der Waals surface area (Å²) in [4.78, 5) is 84.5. The van der Waals surface area contributed by atoms with E-state index in [1.165, 1.54) is 29.4 Å². The average Bonchev–Trinajstić information content (AvgIpc) is 4.41. The minimum atomic E-state index is -4.83. The topological polar surface area (TPSA) is 227 Å². The number of nitrogens with zero attached hydrogens (tertiary/aromatic N) is 6. The fraction of sp³-hybridized carbons (Fsp3) is 0.475. The first-order valence-corrected chi connectivity index (χ1v) is 29.2. The molecule has 3 aromatic carbocycles. The molecule has 5 heterocycles. The first-order chi connectivity index (χ1) is 39.1. The first kappa shape index (κ1) is 60.7. The molecule has 0 unspecified atom stereocenters. The van der Waals surface area contributed by atoms with Crippen LogP contribution in [0.25, 0.3) is 32.6 Å². The number of aliphatic hydroxyl groups excluding tert-OH is 1. The SMILES string of the molecule is Cc1ncsc1-c1ccc([C@H](C)NC(=O)[C@H]2C[C@H](O)CN2C(=O)[C@@H](NC(=O)CCCCCCCCCCC(=O)NCCCn2cc(-c3ccc4c(c3)CCN4C(=O)Cc3cccc(OC(F)(F)F)c3)c3c(N)ncnc32)C(C)(C)C)cc1. The molecule has 17 nitrogen and oxygen atoms in total. The van der Waals surface area contributed by atoms with Crippen molar-refractivity contribution in [3.63, 3.8) is 0 Å². The van der Waals surface area contributed by atoms with Crippen molar-refractivity contribution in [1.29, 1.82) is 0 Å². The smallest absolute Gasteiger partial charge is 0.406 e. The van der Waals surface area contributed by atoms with E-state index in [0.29, 0.717) is 67.7 Å². The molecule has 4 atom stereocenters. The van der Waals surface area contributed by atoms with Crippen LogP contribution in [0.2, 0.25) is 0 Å². The number of hydrogen-bond acceptors (Lipinski definition) is 12. The Morgan fingerprint density at radius 2 is 1.55 bits per heavy atom. The summed E-state index contributed by atoms with van der Waals surface area (Å²) >= 11 is 1.57. The number of benzene rings is 3. The number of aliphatic hydroxyl groups is 1. The zero-order chi connectivity index (χ0) is 58.7. The number of likely N-dealkylation sites (tertiary alicyclic amines) is 1. The third-order valence-corrected chi connectivity index (χ3v) is 16.3. The number of amides is 5. The van der Waals surface area contributed by atoms with Gasteiger partial charge in [-0.05, 0) is 97.0 Å². The lowest BCUT2D eigenvalue weighted by molar-refractivity contribution is -0.274. The van der Waals surface area contributed by atoms with Crippen LogP contribution < -0.4 is 31.3 Å². The molecule has 0 radical (unpaired) electrons. The highest BCUT2D eigenvalue weighted by atomic mass is 32.1. The number of nitrogens with one attached hydrogen (secondary N) is 3. The molecule has 0 spiro atoms. The summed E-state index contributed by atoms with van der Waals surface area (Å²) < 4.78 is 44.4. The second-order valence-corrected chi connectivity index (χ2v) is 23.5. The molecule has 1 saturated heterocycles. The lowest BCUT2D eigenvalue weighted by Gasteiger charge is -2.35. The molecule has 438 valence electrons. The Bertz CT molecular complexity index is 3210. The van der Waals surface area contributed by atoms with E-state index in [1.54, 1.807) is 22.3 Å². The van der Waals surface area contributed by atoms with E-state index in [2.05, 4.69) is 35.6 Å². The first-order valence-electron chi connectivity index (χ1n) is 28.4. The molecule has 1 fully saturated rings. The van der Waals surface area contributed by atoms with Crippen molar-refractivity contribution in [3.8, 4) is 27.3 Å². The van der Waals surface area contributed by atoms with Crippen LogP contribution in [0.3, 0.4) is 0 Å². The molecule has 8 rings (SSSR count). The molecular formula is C61H75F3N10O7S. The summed E-state index contributed by atoms with van der Waals surface area (Å²) in [6.45, 7) is 11.0. The summed E-state index contributed by atoms with van der Waals surface area (Å²) in [5.41, 5.74) is 15.0. The van der Waals surface area contributed by atoms with Gasteiger partial charge in [-0.1, -0.05) is 102 Å². The van der Waals surface area contributed by atoms with Gasteiger partial charge in [-0.2, -0.15) is 0 Å². The Balaban J connectivity index is 0.703. The molecule has 82 heavy (non-hydrogen) atoms. The van der Waals surface area contributed by atoms with Crippen molar-refractivity contribution in [3.05, 3.63) is 107 Å². The second-order valence-electron chi connectivity index (χ2n) is 22.6. The zero-order valence-corrected chi connectivity index (χ0v) is 48.1. The van der Waals surface area contributed by atoms with Crippen molar-refractivity contribution >= 4 is 63.4 Å². The number of aryl methyl sites for hydroxylation is 2. The maximum absolute atomic E-state index is 14.1. The Hall–Kier alpha value is -7.39. The molecule has 6 aromatic rings. The minimum Gasteiger partial charge on any atom is -0.406 e. The monoisotopic (exact) mass is 1150 g/mol. The third kappa shape index (κ3) is 15.8. The van der Waals surface area contributed by atoms with Crippen LogP contribution in [0, 0.1) is 12.3 Å². The van der Waals surface area contributed by atoms with Crippen LogP contribution in [0.15, 0.2) is 84.8 Å². The minimum absolute atomic E-state index is 0.00200. The third-order valence-electron chi connectivity index (χ3n) is 15.3. The quantitative estimate of drug-likeness (QED) is 0.0339. The summed E-state index contributed by atoms with van der Waals surface area (Å²) in [6, 6.07) is 17.1. The molecule has 0 bridgehead atoms. The number of ether oxygens (including phenoxy) is 1. The number of anilines is 2. The molecule has 0 saturated carbocycles. The van der Waals surface area contributed by atoms with Crippen molar-refractivity contribution in [2.75, 3.05) is 30.3 Å². The van der Waals surface area contributed by atoms with Gasteiger partial charge in [0.2, 0.25) is 29.5 Å². The molecule has 5 amide bonds. The number of rotatable bonds is 25. The number of thiazole rings is 1. The number of β-amino-alcohol motifs (C(OH)–C–C–N with tert-alkyl or cyclic N) is 1. The van der Waals surface area contributed by atoms with Gasteiger partial charge in [0.15, 0.2) is 0 Å². The number of unbranched alkanes of at least 4 members (excludes halogenated alkanes) is 7. The zero-order valence-electron chi connectivity index (χ0n) is 47.3. The molecule has 0 aliphatic carbocycles. The Kier molecular flexibility index (Phi) is 20.1. The van der Waals surface area contributed by atoms with Crippen LogP contribution >= 0.6 is 11.3 Å². The summed E-state index contributed by atoms with van der Waals surface area (Å²) in [5, 5.41) is 20.4. The molecule has 3 aromatic heterocycles. The van der Waals surface area contributed by atoms with Gasteiger partial charge in [-0.3, -0.25) is 24.0 Å². The van der Waals surface area contributed by atoms with E-state index < -0.39 is 30.0 Å². The maximum Gasteiger partial charge on any atom is 0.573 e. The lowest BCUT2D eigenvalue weighted by atomic mass is 9.85. The van der Waals surface area contributed by atoms with Crippen molar-refractivity contribution < 1.29 is 47.0 Å². The van der Waals surface area contributed by atoms with E-state index in [9.17, 15) is 42.3 Å². The number of halogens is 3. The lowest BCUT2D eigenvalue weighted by Crippen LogP contribution is -2.57. The number of nitrogens with two attached hydrogens (primary N) is 1. The van der Waals surface area contributed by atoms with Gasteiger partial charge in [0.1, 0.15) is 35.6 Å². The maximum atomic E-state index is 14.1. The number of alkyl halides is 3. The van der Waals surface area contributed by atoms with Crippen molar-refractivity contribution in [2.24, 2.45) is 5.41 Å². The summed E-state index contributed by atoms with van der Waals surface area (Å²) in [5.74, 6) is -1.25. The number of nitrogen functional groups attached to an aromatic ring is 1. The van der Waals surface area contributed by atoms with Crippen LogP contribution in [0.4, 0.5) is 24.7 Å². The molecular weight excluding hydrogens is 1070 g/mol. The average molecular weight is 1150 g/mol. The largest absolute Gasteiger partial charge is 0.573 e. The normalized spacial score (nSPS) is 16.0. The number of carbonyl (C=O) groups excluding carboxylic acids is 5. The standard InChI is InChI=1S/C61H75F3N10O7S/c1-38(41-20-22-42(23-21-41)54-39(2)69-37-82-54)70-58(79)49-33-45(75)34-74(49)59(80)55(60(3,4)5)71-51(77)19-13-11-9-7-6-8-10-12-18-50(76)66-27-15-28-72-35-47(53-56(65)67-36-68-57(53)72)43-24-25-48-44(32-43)26-29-73(48)52(78)31-40-16-14-17-46(30-40)81-61(62,63)64/h14,16-17,20-25,30,32,35-38,45,49,55,75H,6-13,15,18-19,26-29,31,33-34H2,1-5H3,(H,66,76)(H,70,79)(H,71,77)(H2,65,67,68)/t38-,45-,49+,55+/m0/s1. The van der Waals surface area contributed by atoms with E-state index in [-0.39, 0.29) is 67.1 Å². The Morgan fingerprint density at radius 1 is 0.854 bits per heavy atom. The van der Waals surface area contributed by atoms with E-state index in [1.807, 2.05) is 93.4 Å². The number of carbonyl (C=O) groups is 5. The highest BCUT2D eigenvalue weighted by Crippen LogP contribution is 2.38.